The van der Waals surface area contributed by atoms with Gasteiger partial charge in [-0.1, -0.05) is 42.5 Å². The summed E-state index contributed by atoms with van der Waals surface area (Å²) >= 11 is 0. The van der Waals surface area contributed by atoms with Gasteiger partial charge in [0.2, 0.25) is 0 Å². The van der Waals surface area contributed by atoms with Gasteiger partial charge in [0.25, 0.3) is 11.8 Å². The number of anilines is 3. The number of para-hydroxylation sites is 2. The van der Waals surface area contributed by atoms with Crippen LogP contribution in [-0.2, 0) is 9.59 Å². The molecule has 0 atom stereocenters. The molecule has 0 saturated heterocycles. The molecule has 0 saturated carbocycles. The predicted octanol–water partition coefficient (Wildman–Crippen LogP) is 4.18. The van der Waals surface area contributed by atoms with Crippen LogP contribution >= 0.6 is 0 Å². The van der Waals surface area contributed by atoms with Crippen LogP contribution in [0.1, 0.15) is 5.56 Å². The van der Waals surface area contributed by atoms with Crippen molar-refractivity contribution in [2.75, 3.05) is 43.0 Å². The third kappa shape index (κ3) is 3.60. The minimum Gasteiger partial charge on any atom is -0.496 e. The summed E-state index contributed by atoms with van der Waals surface area (Å²) in [5, 5.41) is 0. The lowest BCUT2D eigenvalue weighted by molar-refractivity contribution is -0.120. The summed E-state index contributed by atoms with van der Waals surface area (Å²) in [6.45, 7) is 0. The molecular weight excluding hydrogens is 402 g/mol. The Morgan fingerprint density at radius 3 is 2.09 bits per heavy atom. The van der Waals surface area contributed by atoms with E-state index in [2.05, 4.69) is 0 Å². The molecule has 4 rings (SSSR count). The van der Waals surface area contributed by atoms with Crippen LogP contribution in [0.15, 0.2) is 84.6 Å². The van der Waals surface area contributed by atoms with E-state index in [1.54, 1.807) is 37.3 Å². The molecule has 1 heterocycles. The zero-order valence-electron chi connectivity index (χ0n) is 18.6. The Morgan fingerprint density at radius 1 is 0.750 bits per heavy atom. The van der Waals surface area contributed by atoms with Gasteiger partial charge in [0.15, 0.2) is 0 Å². The second-order valence-corrected chi connectivity index (χ2v) is 7.68. The number of ether oxygens (including phenoxy) is 1. The second-order valence-electron chi connectivity index (χ2n) is 7.68. The van der Waals surface area contributed by atoms with E-state index in [0.717, 1.165) is 11.4 Å². The Balaban J connectivity index is 1.90. The van der Waals surface area contributed by atoms with Crippen LogP contribution < -0.4 is 19.4 Å². The van der Waals surface area contributed by atoms with Crippen LogP contribution in [0.5, 0.6) is 5.75 Å². The number of imide groups is 1. The molecule has 3 aromatic rings. The molecule has 0 spiro atoms. The molecule has 2 amide bonds. The third-order valence-electron chi connectivity index (χ3n) is 5.52. The molecule has 6 nitrogen and oxygen atoms in total. The van der Waals surface area contributed by atoms with E-state index >= 15 is 0 Å². The second kappa shape index (κ2) is 8.59. The topological polar surface area (TPSA) is 53.1 Å². The van der Waals surface area contributed by atoms with Crippen molar-refractivity contribution in [2.45, 2.75) is 0 Å². The van der Waals surface area contributed by atoms with Gasteiger partial charge < -0.3 is 14.5 Å². The van der Waals surface area contributed by atoms with Gasteiger partial charge in [-0.15, -0.1) is 0 Å². The summed E-state index contributed by atoms with van der Waals surface area (Å²) < 4.78 is 5.53. The standard InChI is InChI=1S/C26H25N3O3/c1-27(2)19-13-10-14-20(17-19)29-25(30)23(21-15-8-9-16-22(21)32-4)24(26(29)31)28(3)18-11-6-5-7-12-18/h5-17H,1-4H3. The summed E-state index contributed by atoms with van der Waals surface area (Å²) in [6.07, 6.45) is 0. The Labute approximate surface area is 187 Å². The molecule has 0 radical (unpaired) electrons. The fraction of sp³-hybridized carbons (Fsp3) is 0.154. The van der Waals surface area contributed by atoms with Crippen LogP contribution in [0.25, 0.3) is 5.57 Å². The first kappa shape index (κ1) is 21.2. The lowest BCUT2D eigenvalue weighted by atomic mass is 10.0. The highest BCUT2D eigenvalue weighted by Crippen LogP contribution is 2.39. The molecule has 3 aromatic carbocycles. The number of carbonyl (C=O) groups is 2. The van der Waals surface area contributed by atoms with Gasteiger partial charge >= 0.3 is 0 Å². The molecule has 162 valence electrons. The highest BCUT2D eigenvalue weighted by atomic mass is 16.5. The summed E-state index contributed by atoms with van der Waals surface area (Å²) in [5.41, 5.74) is 3.43. The maximum absolute atomic E-state index is 13.8. The summed E-state index contributed by atoms with van der Waals surface area (Å²) in [4.78, 5) is 32.4. The van der Waals surface area contributed by atoms with Crippen molar-refractivity contribution < 1.29 is 14.3 Å². The number of rotatable bonds is 6. The van der Waals surface area contributed by atoms with E-state index in [4.69, 9.17) is 4.74 Å². The average molecular weight is 428 g/mol. The molecule has 32 heavy (non-hydrogen) atoms. The van der Waals surface area contributed by atoms with Crippen molar-refractivity contribution >= 4 is 34.4 Å². The summed E-state index contributed by atoms with van der Waals surface area (Å²) in [5.74, 6) is -0.224. The highest BCUT2D eigenvalue weighted by molar-refractivity contribution is 6.46. The Morgan fingerprint density at radius 2 is 1.41 bits per heavy atom. The largest absolute Gasteiger partial charge is 0.496 e. The van der Waals surface area contributed by atoms with Crippen molar-refractivity contribution in [3.05, 3.63) is 90.1 Å². The zero-order valence-corrected chi connectivity index (χ0v) is 18.6. The lowest BCUT2D eigenvalue weighted by Crippen LogP contribution is -2.34. The van der Waals surface area contributed by atoms with E-state index < -0.39 is 0 Å². The van der Waals surface area contributed by atoms with E-state index in [1.165, 1.54) is 4.90 Å². The molecule has 6 heteroatoms. The minimum atomic E-state index is -0.381. The molecule has 0 aromatic heterocycles. The number of carbonyl (C=O) groups excluding carboxylic acids is 2. The van der Waals surface area contributed by atoms with E-state index in [-0.39, 0.29) is 11.8 Å². The van der Waals surface area contributed by atoms with Gasteiger partial charge in [-0.25, -0.2) is 4.90 Å². The Bertz CT molecular complexity index is 1200. The normalized spacial score (nSPS) is 13.6. The van der Waals surface area contributed by atoms with Gasteiger partial charge in [-0.05, 0) is 36.4 Å². The van der Waals surface area contributed by atoms with Crippen molar-refractivity contribution in [2.24, 2.45) is 0 Å². The molecule has 0 bridgehead atoms. The number of hydrogen-bond acceptors (Lipinski definition) is 5. The first-order chi connectivity index (χ1) is 15.4. The first-order valence-electron chi connectivity index (χ1n) is 10.3. The monoisotopic (exact) mass is 427 g/mol. The summed E-state index contributed by atoms with van der Waals surface area (Å²) in [7, 11) is 7.18. The number of benzene rings is 3. The maximum Gasteiger partial charge on any atom is 0.282 e. The van der Waals surface area contributed by atoms with Gasteiger partial charge in [0, 0.05) is 38.1 Å². The highest BCUT2D eigenvalue weighted by Gasteiger charge is 2.43. The van der Waals surface area contributed by atoms with E-state index in [0.29, 0.717) is 28.3 Å². The molecule has 0 fully saturated rings. The molecular formula is C26H25N3O3. The quantitative estimate of drug-likeness (QED) is 0.553. The van der Waals surface area contributed by atoms with E-state index in [1.807, 2.05) is 79.7 Å². The average Bonchev–Trinajstić information content (AvgIpc) is 3.08. The molecule has 0 aliphatic carbocycles. The van der Waals surface area contributed by atoms with Gasteiger partial charge in [0.05, 0.1) is 18.4 Å². The van der Waals surface area contributed by atoms with Crippen LogP contribution in [0, 0.1) is 0 Å². The van der Waals surface area contributed by atoms with E-state index in [9.17, 15) is 9.59 Å². The zero-order chi connectivity index (χ0) is 22.8. The van der Waals surface area contributed by atoms with Crippen LogP contribution in [-0.4, -0.2) is 40.1 Å². The minimum absolute atomic E-state index is 0.306. The van der Waals surface area contributed by atoms with Crippen LogP contribution in [0.4, 0.5) is 17.1 Å². The van der Waals surface area contributed by atoms with Crippen molar-refractivity contribution in [3.8, 4) is 5.75 Å². The maximum atomic E-state index is 13.8. The Hall–Kier alpha value is -4.06. The van der Waals surface area contributed by atoms with Crippen LogP contribution in [0.2, 0.25) is 0 Å². The number of hydrogen-bond donors (Lipinski definition) is 0. The van der Waals surface area contributed by atoms with Gasteiger partial charge in [0.1, 0.15) is 11.4 Å². The lowest BCUT2D eigenvalue weighted by Gasteiger charge is -2.22. The fourth-order valence-electron chi connectivity index (χ4n) is 3.85. The fourth-order valence-corrected chi connectivity index (χ4v) is 3.85. The third-order valence-corrected chi connectivity index (χ3v) is 5.52. The molecule has 0 N–H and O–H groups in total. The smallest absolute Gasteiger partial charge is 0.282 e. The number of amides is 2. The van der Waals surface area contributed by atoms with Crippen molar-refractivity contribution in [1.82, 2.24) is 0 Å². The van der Waals surface area contributed by atoms with Crippen molar-refractivity contribution in [1.29, 1.82) is 0 Å². The van der Waals surface area contributed by atoms with Crippen LogP contribution in [0.3, 0.4) is 0 Å². The Kier molecular flexibility index (Phi) is 5.69. The van der Waals surface area contributed by atoms with Gasteiger partial charge in [-0.3, -0.25) is 9.59 Å². The first-order valence-corrected chi connectivity index (χ1v) is 10.3. The molecule has 0 unspecified atom stereocenters. The van der Waals surface area contributed by atoms with Crippen molar-refractivity contribution in [3.63, 3.8) is 0 Å². The SMILES string of the molecule is COc1ccccc1C1=C(N(C)c2ccccc2)C(=O)N(c2cccc(N(C)C)c2)C1=O. The number of nitrogens with zero attached hydrogens (tertiary/aromatic N) is 3. The predicted molar refractivity (Wildman–Crippen MR) is 128 cm³/mol. The molecule has 1 aliphatic rings. The number of methoxy groups -OCH3 is 1. The summed E-state index contributed by atoms with van der Waals surface area (Å²) in [6, 6.07) is 24.1. The van der Waals surface area contributed by atoms with Gasteiger partial charge in [-0.2, -0.15) is 0 Å². The molecule has 1 aliphatic heterocycles. The number of likely N-dealkylation sites (N-methyl/N-ethyl adjacent to an activating group) is 1.